The van der Waals surface area contributed by atoms with Crippen molar-refractivity contribution in [3.63, 3.8) is 0 Å². The quantitative estimate of drug-likeness (QED) is 0.898. The molecule has 1 aromatic carbocycles. The molecule has 0 saturated carbocycles. The highest BCUT2D eigenvalue weighted by Crippen LogP contribution is 2.17. The molecule has 0 aliphatic rings. The predicted octanol–water partition coefficient (Wildman–Crippen LogP) is 3.01. The summed E-state index contributed by atoms with van der Waals surface area (Å²) >= 11 is 0. The smallest absolute Gasteiger partial charge is 0.124 e. The van der Waals surface area contributed by atoms with Gasteiger partial charge in [0.2, 0.25) is 0 Å². The zero-order chi connectivity index (χ0) is 13.0. The van der Waals surface area contributed by atoms with Gasteiger partial charge in [-0.3, -0.25) is 4.98 Å². The van der Waals surface area contributed by atoms with Crippen molar-refractivity contribution >= 4 is 5.69 Å². The number of benzene rings is 1. The van der Waals surface area contributed by atoms with Crippen LogP contribution >= 0.6 is 0 Å². The van der Waals surface area contributed by atoms with Crippen molar-refractivity contribution in [2.45, 2.75) is 13.5 Å². The maximum Gasteiger partial charge on any atom is 0.124 e. The Morgan fingerprint density at radius 3 is 2.94 bits per heavy atom. The summed E-state index contributed by atoms with van der Waals surface area (Å²) in [5.41, 5.74) is 3.11. The molecule has 18 heavy (non-hydrogen) atoms. The monoisotopic (exact) mass is 241 g/mol. The Morgan fingerprint density at radius 2 is 2.22 bits per heavy atom. The minimum Gasteiger partial charge on any atom is -0.380 e. The summed E-state index contributed by atoms with van der Waals surface area (Å²) in [7, 11) is 0. The second-order valence-corrected chi connectivity index (χ2v) is 3.96. The van der Waals surface area contributed by atoms with E-state index in [1.54, 1.807) is 18.5 Å². The summed E-state index contributed by atoms with van der Waals surface area (Å²) in [6, 6.07) is 8.02. The first-order chi connectivity index (χ1) is 8.70. The van der Waals surface area contributed by atoms with Gasteiger partial charge < -0.3 is 5.32 Å². The van der Waals surface area contributed by atoms with E-state index < -0.39 is 5.82 Å². The van der Waals surface area contributed by atoms with Crippen molar-refractivity contribution in [3.05, 3.63) is 59.2 Å². The number of aryl methyl sites for hydroxylation is 1. The van der Waals surface area contributed by atoms with E-state index >= 15 is 0 Å². The maximum absolute atomic E-state index is 13.0. The van der Waals surface area contributed by atoms with Gasteiger partial charge in [0, 0.05) is 18.9 Å². The standard InChI is InChI=1S/C14H12FN3/c1-10-8-17-5-4-11(10)9-18-14-3-2-13(15)6-12(14)7-16/h2-6,8,18H,9H2,1H3. The molecule has 0 aliphatic carbocycles. The van der Waals surface area contributed by atoms with E-state index in [0.717, 1.165) is 11.1 Å². The van der Waals surface area contributed by atoms with Crippen LogP contribution in [0, 0.1) is 24.1 Å². The van der Waals surface area contributed by atoms with E-state index in [4.69, 9.17) is 5.26 Å². The van der Waals surface area contributed by atoms with E-state index in [1.807, 2.05) is 19.1 Å². The van der Waals surface area contributed by atoms with E-state index in [-0.39, 0.29) is 0 Å². The summed E-state index contributed by atoms with van der Waals surface area (Å²) in [6.07, 6.45) is 3.51. The molecule has 0 saturated heterocycles. The fraction of sp³-hybridized carbons (Fsp3) is 0.143. The number of halogens is 1. The van der Waals surface area contributed by atoms with Crippen LogP contribution in [0.4, 0.5) is 10.1 Å². The minimum absolute atomic E-state index is 0.307. The van der Waals surface area contributed by atoms with Gasteiger partial charge in [0.05, 0.1) is 11.3 Å². The van der Waals surface area contributed by atoms with Gasteiger partial charge in [-0.25, -0.2) is 4.39 Å². The second kappa shape index (κ2) is 5.28. The highest BCUT2D eigenvalue weighted by atomic mass is 19.1. The Morgan fingerprint density at radius 1 is 1.39 bits per heavy atom. The first kappa shape index (κ1) is 12.1. The molecule has 1 heterocycles. The largest absolute Gasteiger partial charge is 0.380 e. The van der Waals surface area contributed by atoms with Gasteiger partial charge >= 0.3 is 0 Å². The summed E-state index contributed by atoms with van der Waals surface area (Å²) in [5.74, 6) is -0.405. The fourth-order valence-corrected chi connectivity index (χ4v) is 1.65. The van der Waals surface area contributed by atoms with Crippen molar-refractivity contribution in [3.8, 4) is 6.07 Å². The lowest BCUT2D eigenvalue weighted by Crippen LogP contribution is -2.03. The highest BCUT2D eigenvalue weighted by Gasteiger charge is 2.04. The first-order valence-electron chi connectivity index (χ1n) is 5.53. The molecule has 1 aromatic heterocycles. The van der Waals surface area contributed by atoms with Gasteiger partial charge in [0.25, 0.3) is 0 Å². The van der Waals surface area contributed by atoms with E-state index in [0.29, 0.717) is 17.8 Å². The van der Waals surface area contributed by atoms with Gasteiger partial charge in [-0.15, -0.1) is 0 Å². The zero-order valence-electron chi connectivity index (χ0n) is 9.94. The lowest BCUT2D eigenvalue weighted by Gasteiger charge is -2.09. The SMILES string of the molecule is Cc1cnccc1CNc1ccc(F)cc1C#N. The van der Waals surface area contributed by atoms with Gasteiger partial charge in [-0.1, -0.05) is 0 Å². The molecule has 4 heteroatoms. The van der Waals surface area contributed by atoms with Crippen molar-refractivity contribution < 1.29 is 4.39 Å². The summed E-state index contributed by atoms with van der Waals surface area (Å²) in [5, 5.41) is 12.1. The number of aromatic nitrogens is 1. The van der Waals surface area contributed by atoms with Crippen LogP contribution in [0.2, 0.25) is 0 Å². The van der Waals surface area contributed by atoms with Crippen molar-refractivity contribution in [1.82, 2.24) is 4.98 Å². The summed E-state index contributed by atoms with van der Waals surface area (Å²) in [4.78, 5) is 4.02. The maximum atomic E-state index is 13.0. The van der Waals surface area contributed by atoms with Crippen LogP contribution in [-0.2, 0) is 6.54 Å². The zero-order valence-corrected chi connectivity index (χ0v) is 9.94. The third kappa shape index (κ3) is 2.64. The molecule has 0 atom stereocenters. The van der Waals surface area contributed by atoms with Crippen LogP contribution in [0.25, 0.3) is 0 Å². The van der Waals surface area contributed by atoms with Crippen LogP contribution < -0.4 is 5.32 Å². The van der Waals surface area contributed by atoms with E-state index in [9.17, 15) is 4.39 Å². The van der Waals surface area contributed by atoms with Gasteiger partial charge in [0.15, 0.2) is 0 Å². The average Bonchev–Trinajstić information content (AvgIpc) is 2.39. The molecule has 0 aliphatic heterocycles. The Hall–Kier alpha value is -2.41. The van der Waals surface area contributed by atoms with Crippen LogP contribution in [0.5, 0.6) is 0 Å². The number of hydrogen-bond donors (Lipinski definition) is 1. The molecule has 90 valence electrons. The number of rotatable bonds is 3. The number of hydrogen-bond acceptors (Lipinski definition) is 3. The van der Waals surface area contributed by atoms with Gasteiger partial charge in [-0.2, -0.15) is 5.26 Å². The fourth-order valence-electron chi connectivity index (χ4n) is 1.65. The van der Waals surface area contributed by atoms with Crippen LogP contribution in [0.1, 0.15) is 16.7 Å². The van der Waals surface area contributed by atoms with Crippen LogP contribution in [-0.4, -0.2) is 4.98 Å². The van der Waals surface area contributed by atoms with Crippen molar-refractivity contribution in [2.24, 2.45) is 0 Å². The molecule has 0 fully saturated rings. The molecule has 0 radical (unpaired) electrons. The van der Waals surface area contributed by atoms with Gasteiger partial charge in [0.1, 0.15) is 11.9 Å². The molecule has 0 bridgehead atoms. The third-order valence-electron chi connectivity index (χ3n) is 2.71. The molecule has 1 N–H and O–H groups in total. The lowest BCUT2D eigenvalue weighted by molar-refractivity contribution is 0.627. The van der Waals surface area contributed by atoms with E-state index in [1.165, 1.54) is 12.1 Å². The van der Waals surface area contributed by atoms with Crippen LogP contribution in [0.15, 0.2) is 36.7 Å². The molecule has 3 nitrogen and oxygen atoms in total. The average molecular weight is 241 g/mol. The first-order valence-corrected chi connectivity index (χ1v) is 5.53. The topological polar surface area (TPSA) is 48.7 Å². The van der Waals surface area contributed by atoms with Crippen LogP contribution in [0.3, 0.4) is 0 Å². The summed E-state index contributed by atoms with van der Waals surface area (Å²) < 4.78 is 13.0. The Kier molecular flexibility index (Phi) is 3.54. The Balaban J connectivity index is 2.16. The van der Waals surface area contributed by atoms with Crippen molar-refractivity contribution in [1.29, 1.82) is 5.26 Å². The number of anilines is 1. The predicted molar refractivity (Wildman–Crippen MR) is 67.4 cm³/mol. The Bertz CT molecular complexity index is 602. The van der Waals surface area contributed by atoms with Gasteiger partial charge in [-0.05, 0) is 42.3 Å². The van der Waals surface area contributed by atoms with Crippen molar-refractivity contribution in [2.75, 3.05) is 5.32 Å². The molecule has 0 spiro atoms. The molecule has 0 amide bonds. The molecular formula is C14H12FN3. The lowest BCUT2D eigenvalue weighted by atomic mass is 10.1. The second-order valence-electron chi connectivity index (χ2n) is 3.96. The molecular weight excluding hydrogens is 229 g/mol. The molecule has 0 unspecified atom stereocenters. The number of nitrogens with one attached hydrogen (secondary N) is 1. The highest BCUT2D eigenvalue weighted by molar-refractivity contribution is 5.57. The number of nitrogens with zero attached hydrogens (tertiary/aromatic N) is 2. The number of nitriles is 1. The molecule has 2 aromatic rings. The normalized spacial score (nSPS) is 9.83. The minimum atomic E-state index is -0.405. The number of pyridine rings is 1. The Labute approximate surface area is 105 Å². The third-order valence-corrected chi connectivity index (χ3v) is 2.71. The molecule has 2 rings (SSSR count). The summed E-state index contributed by atoms with van der Waals surface area (Å²) in [6.45, 7) is 2.55. The van der Waals surface area contributed by atoms with E-state index in [2.05, 4.69) is 10.3 Å².